The van der Waals surface area contributed by atoms with E-state index in [0.29, 0.717) is 11.1 Å². The summed E-state index contributed by atoms with van der Waals surface area (Å²) in [7, 11) is 1.34. The van der Waals surface area contributed by atoms with E-state index in [9.17, 15) is 4.79 Å². The lowest BCUT2D eigenvalue weighted by Crippen LogP contribution is -2.14. The van der Waals surface area contributed by atoms with E-state index in [0.717, 1.165) is 17.3 Å². The first kappa shape index (κ1) is 12.6. The van der Waals surface area contributed by atoms with Crippen LogP contribution in [0.5, 0.6) is 0 Å². The molecule has 0 bridgehead atoms. The fraction of sp³-hybridized carbons (Fsp3) is 0.273. The van der Waals surface area contributed by atoms with Crippen molar-refractivity contribution in [3.63, 3.8) is 0 Å². The van der Waals surface area contributed by atoms with E-state index in [1.807, 2.05) is 6.07 Å². The van der Waals surface area contributed by atoms with E-state index in [-0.39, 0.29) is 5.97 Å². The summed E-state index contributed by atoms with van der Waals surface area (Å²) in [5, 5.41) is 7.69. The number of rotatable bonds is 4. The molecule has 0 spiro atoms. The van der Waals surface area contributed by atoms with Crippen LogP contribution in [0.3, 0.4) is 0 Å². The Balaban J connectivity index is 2.09. The molecular weight excluding hydrogens is 254 g/mol. The fourth-order valence-corrected chi connectivity index (χ4v) is 1.94. The van der Waals surface area contributed by atoms with E-state index in [2.05, 4.69) is 19.9 Å². The number of hydrogen-bond donors (Lipinski definition) is 0. The van der Waals surface area contributed by atoms with E-state index >= 15 is 0 Å². The van der Waals surface area contributed by atoms with Gasteiger partial charge in [0.05, 0.1) is 12.7 Å². The normalized spacial score (nSPS) is 12.1. The van der Waals surface area contributed by atoms with Crippen LogP contribution in [0.15, 0.2) is 34.2 Å². The Hall–Kier alpha value is -1.89. The number of ether oxygens (including phenoxy) is 1. The van der Waals surface area contributed by atoms with Crippen LogP contribution in [0.25, 0.3) is 11.5 Å². The van der Waals surface area contributed by atoms with Crippen LogP contribution in [0.1, 0.15) is 6.92 Å². The predicted octanol–water partition coefficient (Wildman–Crippen LogP) is 1.79. The number of thioether (sulfide) groups is 1. The molecular formula is C11H11N3O3S. The van der Waals surface area contributed by atoms with E-state index in [4.69, 9.17) is 4.42 Å². The van der Waals surface area contributed by atoms with Gasteiger partial charge in [-0.05, 0) is 19.1 Å². The molecule has 0 saturated heterocycles. The summed E-state index contributed by atoms with van der Waals surface area (Å²) in [4.78, 5) is 15.2. The minimum atomic E-state index is -0.391. The number of esters is 1. The quantitative estimate of drug-likeness (QED) is 0.616. The highest BCUT2D eigenvalue weighted by molar-refractivity contribution is 8.00. The molecule has 2 aromatic rings. The van der Waals surface area contributed by atoms with Crippen molar-refractivity contribution in [3.8, 4) is 11.5 Å². The molecule has 0 aliphatic carbocycles. The second-order valence-corrected chi connectivity index (χ2v) is 4.69. The van der Waals surface area contributed by atoms with Gasteiger partial charge in [0.15, 0.2) is 0 Å². The highest BCUT2D eigenvalue weighted by Gasteiger charge is 2.18. The maximum Gasteiger partial charge on any atom is 0.319 e. The van der Waals surface area contributed by atoms with Gasteiger partial charge in [-0.25, -0.2) is 0 Å². The van der Waals surface area contributed by atoms with Gasteiger partial charge in [-0.2, -0.15) is 0 Å². The zero-order chi connectivity index (χ0) is 13.0. The molecule has 2 aromatic heterocycles. The number of pyridine rings is 1. The first-order valence-electron chi connectivity index (χ1n) is 5.19. The Morgan fingerprint density at radius 1 is 1.50 bits per heavy atom. The highest BCUT2D eigenvalue weighted by Crippen LogP contribution is 2.25. The number of carbonyl (C=O) groups is 1. The van der Waals surface area contributed by atoms with E-state index < -0.39 is 5.25 Å². The van der Waals surface area contributed by atoms with Crippen molar-refractivity contribution in [1.82, 2.24) is 15.2 Å². The third-order valence-electron chi connectivity index (χ3n) is 2.13. The summed E-state index contributed by atoms with van der Waals surface area (Å²) < 4.78 is 10.0. The molecule has 0 fully saturated rings. The van der Waals surface area contributed by atoms with Gasteiger partial charge >= 0.3 is 5.97 Å². The van der Waals surface area contributed by atoms with Gasteiger partial charge in [-0.1, -0.05) is 11.8 Å². The average Bonchev–Trinajstić information content (AvgIpc) is 2.87. The molecule has 0 radical (unpaired) electrons. The molecule has 0 N–H and O–H groups in total. The van der Waals surface area contributed by atoms with Crippen LogP contribution < -0.4 is 0 Å². The molecule has 0 amide bonds. The average molecular weight is 265 g/mol. The smallest absolute Gasteiger partial charge is 0.319 e. The van der Waals surface area contributed by atoms with Gasteiger partial charge in [-0.3, -0.25) is 9.78 Å². The maximum atomic E-state index is 11.3. The molecule has 1 atom stereocenters. The fourth-order valence-electron chi connectivity index (χ4n) is 1.23. The molecule has 0 saturated carbocycles. The molecule has 0 aromatic carbocycles. The van der Waals surface area contributed by atoms with Crippen LogP contribution in [-0.2, 0) is 9.53 Å². The summed E-state index contributed by atoms with van der Waals surface area (Å²) in [5.41, 5.74) is 0.738. The Morgan fingerprint density at radius 2 is 2.33 bits per heavy atom. The van der Waals surface area contributed by atoms with Crippen molar-refractivity contribution < 1.29 is 13.9 Å². The summed E-state index contributed by atoms with van der Waals surface area (Å²) >= 11 is 1.16. The summed E-state index contributed by atoms with van der Waals surface area (Å²) in [6.07, 6.45) is 3.29. The van der Waals surface area contributed by atoms with Gasteiger partial charge in [0.1, 0.15) is 5.25 Å². The Bertz CT molecular complexity index is 529. The largest absolute Gasteiger partial charge is 0.468 e. The van der Waals surface area contributed by atoms with Crippen molar-refractivity contribution in [3.05, 3.63) is 24.5 Å². The molecule has 0 aliphatic rings. The Morgan fingerprint density at radius 3 is 3.00 bits per heavy atom. The molecule has 18 heavy (non-hydrogen) atoms. The lowest BCUT2D eigenvalue weighted by atomic mass is 10.3. The Kier molecular flexibility index (Phi) is 3.93. The van der Waals surface area contributed by atoms with Crippen LogP contribution >= 0.6 is 11.8 Å². The molecule has 6 nitrogen and oxygen atoms in total. The van der Waals surface area contributed by atoms with Gasteiger partial charge in [-0.15, -0.1) is 10.2 Å². The Labute approximate surface area is 108 Å². The predicted molar refractivity (Wildman–Crippen MR) is 64.9 cm³/mol. The van der Waals surface area contributed by atoms with Gasteiger partial charge < -0.3 is 9.15 Å². The standard InChI is InChI=1S/C11H11N3O3S/c1-7(10(15)16-2)18-11-14-13-9(17-11)8-4-3-5-12-6-8/h3-7H,1-2H3. The minimum Gasteiger partial charge on any atom is -0.468 e. The third-order valence-corrected chi connectivity index (χ3v) is 3.04. The number of aromatic nitrogens is 3. The third kappa shape index (κ3) is 2.86. The van der Waals surface area contributed by atoms with Crippen molar-refractivity contribution >= 4 is 17.7 Å². The first-order valence-corrected chi connectivity index (χ1v) is 6.07. The van der Waals surface area contributed by atoms with Gasteiger partial charge in [0.25, 0.3) is 5.22 Å². The molecule has 2 heterocycles. The molecule has 94 valence electrons. The van der Waals surface area contributed by atoms with Crippen molar-refractivity contribution in [2.75, 3.05) is 7.11 Å². The maximum absolute atomic E-state index is 11.3. The zero-order valence-electron chi connectivity index (χ0n) is 9.86. The van der Waals surface area contributed by atoms with Crippen LogP contribution in [0.4, 0.5) is 0 Å². The number of methoxy groups -OCH3 is 1. The second kappa shape index (κ2) is 5.63. The second-order valence-electron chi connectivity index (χ2n) is 3.40. The molecule has 1 unspecified atom stereocenters. The topological polar surface area (TPSA) is 78.1 Å². The van der Waals surface area contributed by atoms with E-state index in [1.54, 1.807) is 25.4 Å². The van der Waals surface area contributed by atoms with Crippen LogP contribution in [-0.4, -0.2) is 33.5 Å². The SMILES string of the molecule is COC(=O)C(C)Sc1nnc(-c2cccnc2)o1. The van der Waals surface area contributed by atoms with Crippen LogP contribution in [0.2, 0.25) is 0 Å². The first-order chi connectivity index (χ1) is 8.70. The monoisotopic (exact) mass is 265 g/mol. The number of carbonyl (C=O) groups excluding carboxylic acids is 1. The lowest BCUT2D eigenvalue weighted by molar-refractivity contribution is -0.139. The van der Waals surface area contributed by atoms with Crippen molar-refractivity contribution in [1.29, 1.82) is 0 Å². The lowest BCUT2D eigenvalue weighted by Gasteiger charge is -2.04. The van der Waals surface area contributed by atoms with Crippen molar-refractivity contribution in [2.45, 2.75) is 17.4 Å². The number of hydrogen-bond acceptors (Lipinski definition) is 7. The summed E-state index contributed by atoms with van der Waals surface area (Å²) in [5.74, 6) is 0.0452. The summed E-state index contributed by atoms with van der Waals surface area (Å²) in [6, 6.07) is 3.60. The van der Waals surface area contributed by atoms with Gasteiger partial charge in [0, 0.05) is 12.4 Å². The summed E-state index contributed by atoms with van der Waals surface area (Å²) in [6.45, 7) is 1.71. The minimum absolute atomic E-state index is 0.326. The van der Waals surface area contributed by atoms with Crippen molar-refractivity contribution in [2.24, 2.45) is 0 Å². The zero-order valence-corrected chi connectivity index (χ0v) is 10.7. The van der Waals surface area contributed by atoms with Gasteiger partial charge in [0.2, 0.25) is 5.89 Å². The highest BCUT2D eigenvalue weighted by atomic mass is 32.2. The van der Waals surface area contributed by atoms with Crippen LogP contribution in [0, 0.1) is 0 Å². The number of nitrogens with zero attached hydrogens (tertiary/aromatic N) is 3. The molecule has 2 rings (SSSR count). The van der Waals surface area contributed by atoms with E-state index in [1.165, 1.54) is 7.11 Å². The molecule has 7 heteroatoms. The molecule has 0 aliphatic heterocycles.